The Labute approximate surface area is 143 Å². The zero-order valence-electron chi connectivity index (χ0n) is 14.7. The first kappa shape index (κ1) is 20.5. The van der Waals surface area contributed by atoms with Gasteiger partial charge >= 0.3 is 6.18 Å². The highest BCUT2D eigenvalue weighted by atomic mass is 19.4. The molecular weight excluding hydrogens is 315 g/mol. The predicted octanol–water partition coefficient (Wildman–Crippen LogP) is 5.92. The molecule has 5 heteroatoms. The van der Waals surface area contributed by atoms with Crippen molar-refractivity contribution in [2.75, 3.05) is 13.6 Å². The van der Waals surface area contributed by atoms with Crippen LogP contribution in [0.5, 0.6) is 0 Å². The molecule has 0 aliphatic heterocycles. The molecule has 0 unspecified atom stereocenters. The molecule has 0 atom stereocenters. The third-order valence-corrected chi connectivity index (χ3v) is 4.15. The predicted molar refractivity (Wildman–Crippen MR) is 91.0 cm³/mol. The van der Waals surface area contributed by atoms with Gasteiger partial charge in [-0.25, -0.2) is 0 Å². The number of alkyl halides is 3. The summed E-state index contributed by atoms with van der Waals surface area (Å²) < 4.78 is 37.6. The van der Waals surface area contributed by atoms with Crippen molar-refractivity contribution in [1.29, 1.82) is 0 Å². The fourth-order valence-electron chi connectivity index (χ4n) is 2.61. The van der Waals surface area contributed by atoms with Gasteiger partial charge in [-0.05, 0) is 30.7 Å². The van der Waals surface area contributed by atoms with Gasteiger partial charge in [0.15, 0.2) is 0 Å². The zero-order valence-corrected chi connectivity index (χ0v) is 14.7. The Bertz CT molecular complexity index is 482. The zero-order chi connectivity index (χ0) is 18.0. The van der Waals surface area contributed by atoms with Crippen LogP contribution in [-0.4, -0.2) is 24.4 Å². The summed E-state index contributed by atoms with van der Waals surface area (Å²) in [5, 5.41) is 0. The Hall–Kier alpha value is -1.52. The van der Waals surface area contributed by atoms with Crippen LogP contribution >= 0.6 is 0 Å². The summed E-state index contributed by atoms with van der Waals surface area (Å²) in [6.45, 7) is 2.83. The van der Waals surface area contributed by atoms with Gasteiger partial charge in [-0.1, -0.05) is 51.9 Å². The van der Waals surface area contributed by atoms with Gasteiger partial charge in [-0.3, -0.25) is 4.79 Å². The Kier molecular flexibility index (Phi) is 8.87. The first-order chi connectivity index (χ1) is 11.4. The Morgan fingerprint density at radius 1 is 0.917 bits per heavy atom. The van der Waals surface area contributed by atoms with Crippen LogP contribution in [0.1, 0.15) is 74.2 Å². The van der Waals surface area contributed by atoms with E-state index >= 15 is 0 Å². The summed E-state index contributed by atoms with van der Waals surface area (Å²) in [7, 11) is 1.70. The largest absolute Gasteiger partial charge is 0.416 e. The molecule has 1 aromatic rings. The van der Waals surface area contributed by atoms with E-state index in [1.165, 1.54) is 50.7 Å². The van der Waals surface area contributed by atoms with Gasteiger partial charge in [0.05, 0.1) is 5.56 Å². The fourth-order valence-corrected chi connectivity index (χ4v) is 2.61. The molecule has 1 rings (SSSR count). The molecule has 0 N–H and O–H groups in total. The Morgan fingerprint density at radius 3 is 1.92 bits per heavy atom. The molecule has 1 aromatic carbocycles. The summed E-state index contributed by atoms with van der Waals surface area (Å²) >= 11 is 0. The number of benzene rings is 1. The number of nitrogens with zero attached hydrogens (tertiary/aromatic N) is 1. The van der Waals surface area contributed by atoms with Crippen LogP contribution < -0.4 is 0 Å². The van der Waals surface area contributed by atoms with Crippen molar-refractivity contribution in [3.63, 3.8) is 0 Å². The number of unbranched alkanes of at least 4 members (excludes halogenated alkanes) is 7. The molecule has 24 heavy (non-hydrogen) atoms. The normalized spacial score (nSPS) is 11.5. The molecule has 0 radical (unpaired) electrons. The average Bonchev–Trinajstić information content (AvgIpc) is 2.55. The van der Waals surface area contributed by atoms with E-state index in [-0.39, 0.29) is 5.91 Å². The number of amides is 1. The molecule has 136 valence electrons. The van der Waals surface area contributed by atoms with E-state index in [9.17, 15) is 18.0 Å². The summed E-state index contributed by atoms with van der Waals surface area (Å²) in [5.74, 6) is -0.230. The first-order valence-corrected chi connectivity index (χ1v) is 8.79. The number of carbonyl (C=O) groups is 1. The van der Waals surface area contributed by atoms with E-state index in [0.717, 1.165) is 25.0 Å². The van der Waals surface area contributed by atoms with Gasteiger partial charge in [0.1, 0.15) is 0 Å². The average molecular weight is 343 g/mol. The monoisotopic (exact) mass is 343 g/mol. The highest BCUT2D eigenvalue weighted by Gasteiger charge is 2.30. The maximum absolute atomic E-state index is 12.5. The first-order valence-electron chi connectivity index (χ1n) is 8.79. The van der Waals surface area contributed by atoms with Gasteiger partial charge < -0.3 is 4.90 Å². The van der Waals surface area contributed by atoms with E-state index in [4.69, 9.17) is 0 Å². The van der Waals surface area contributed by atoms with Crippen molar-refractivity contribution >= 4 is 5.91 Å². The minimum absolute atomic E-state index is 0.230. The number of rotatable bonds is 10. The number of carbonyl (C=O) groups excluding carboxylic acids is 1. The van der Waals surface area contributed by atoms with E-state index in [1.54, 1.807) is 11.9 Å². The number of hydrogen-bond donors (Lipinski definition) is 0. The second kappa shape index (κ2) is 10.4. The third-order valence-electron chi connectivity index (χ3n) is 4.15. The Morgan fingerprint density at radius 2 is 1.42 bits per heavy atom. The molecular formula is C19H28F3NO. The van der Waals surface area contributed by atoms with E-state index in [0.29, 0.717) is 12.1 Å². The van der Waals surface area contributed by atoms with Gasteiger partial charge in [0, 0.05) is 19.2 Å². The van der Waals surface area contributed by atoms with Gasteiger partial charge in [-0.2, -0.15) is 13.2 Å². The summed E-state index contributed by atoms with van der Waals surface area (Å²) in [6.07, 6.45) is 5.15. The molecule has 0 saturated carbocycles. The van der Waals surface area contributed by atoms with Crippen LogP contribution in [0, 0.1) is 0 Å². The SMILES string of the molecule is CCCCCCCCCCN(C)C(=O)c1ccc(C(F)(F)F)cc1. The minimum Gasteiger partial charge on any atom is -0.342 e. The molecule has 2 nitrogen and oxygen atoms in total. The van der Waals surface area contributed by atoms with Crippen LogP contribution in [0.4, 0.5) is 13.2 Å². The summed E-state index contributed by atoms with van der Waals surface area (Å²) in [5.41, 5.74) is -0.435. The molecule has 0 aliphatic carbocycles. The van der Waals surface area contributed by atoms with Gasteiger partial charge in [-0.15, -0.1) is 0 Å². The topological polar surface area (TPSA) is 20.3 Å². The van der Waals surface area contributed by atoms with E-state index < -0.39 is 11.7 Å². The highest BCUT2D eigenvalue weighted by molar-refractivity contribution is 5.94. The molecule has 0 heterocycles. The number of halogens is 3. The number of hydrogen-bond acceptors (Lipinski definition) is 1. The van der Waals surface area contributed by atoms with E-state index in [2.05, 4.69) is 6.92 Å². The van der Waals surface area contributed by atoms with Gasteiger partial charge in [0.2, 0.25) is 0 Å². The molecule has 0 spiro atoms. The van der Waals surface area contributed by atoms with Crippen molar-refractivity contribution in [3.05, 3.63) is 35.4 Å². The van der Waals surface area contributed by atoms with Crippen molar-refractivity contribution < 1.29 is 18.0 Å². The van der Waals surface area contributed by atoms with Crippen molar-refractivity contribution in [1.82, 2.24) is 4.90 Å². The van der Waals surface area contributed by atoms with Crippen molar-refractivity contribution in [3.8, 4) is 0 Å². The molecule has 0 bridgehead atoms. The lowest BCUT2D eigenvalue weighted by molar-refractivity contribution is -0.137. The molecule has 0 aromatic heterocycles. The Balaban J connectivity index is 2.29. The maximum atomic E-state index is 12.5. The van der Waals surface area contributed by atoms with Crippen LogP contribution in [0.25, 0.3) is 0 Å². The van der Waals surface area contributed by atoms with Crippen LogP contribution in [0.3, 0.4) is 0 Å². The molecule has 0 aliphatic rings. The van der Waals surface area contributed by atoms with Crippen LogP contribution in [-0.2, 0) is 6.18 Å². The van der Waals surface area contributed by atoms with Gasteiger partial charge in [0.25, 0.3) is 5.91 Å². The van der Waals surface area contributed by atoms with Crippen molar-refractivity contribution in [2.24, 2.45) is 0 Å². The van der Waals surface area contributed by atoms with Crippen LogP contribution in [0.2, 0.25) is 0 Å². The molecule has 0 saturated heterocycles. The molecule has 0 fully saturated rings. The highest BCUT2D eigenvalue weighted by Crippen LogP contribution is 2.29. The smallest absolute Gasteiger partial charge is 0.342 e. The third kappa shape index (κ3) is 7.37. The molecule has 1 amide bonds. The maximum Gasteiger partial charge on any atom is 0.416 e. The second-order valence-electron chi connectivity index (χ2n) is 6.28. The quantitative estimate of drug-likeness (QED) is 0.483. The lowest BCUT2D eigenvalue weighted by Crippen LogP contribution is -2.27. The second-order valence-corrected chi connectivity index (χ2v) is 6.28. The lowest BCUT2D eigenvalue weighted by atomic mass is 10.1. The lowest BCUT2D eigenvalue weighted by Gasteiger charge is -2.17. The standard InChI is InChI=1S/C19H28F3NO/c1-3-4-5-6-7-8-9-10-15-23(2)18(24)16-11-13-17(14-12-16)19(20,21)22/h11-14H,3-10,15H2,1-2H3. The minimum atomic E-state index is -4.37. The summed E-state index contributed by atoms with van der Waals surface area (Å²) in [4.78, 5) is 13.8. The fraction of sp³-hybridized carbons (Fsp3) is 0.632. The summed E-state index contributed by atoms with van der Waals surface area (Å²) in [6, 6.07) is 4.40. The van der Waals surface area contributed by atoms with Crippen molar-refractivity contribution in [2.45, 2.75) is 64.5 Å². The van der Waals surface area contributed by atoms with Crippen LogP contribution in [0.15, 0.2) is 24.3 Å². The van der Waals surface area contributed by atoms with E-state index in [1.807, 2.05) is 0 Å².